The Labute approximate surface area is 111 Å². The maximum atomic E-state index is 12.1. The number of methoxy groups -OCH3 is 1. The lowest BCUT2D eigenvalue weighted by molar-refractivity contribution is -0.287. The minimum Gasteiger partial charge on any atom is -0.495 e. The van der Waals surface area contributed by atoms with E-state index in [0.29, 0.717) is 6.07 Å². The monoisotopic (exact) mass is 354 g/mol. The summed E-state index contributed by atoms with van der Waals surface area (Å²) < 4.78 is 83.8. The first-order valence-corrected chi connectivity index (χ1v) is 5.21. The molecule has 0 saturated carbocycles. The van der Waals surface area contributed by atoms with Gasteiger partial charge in [-0.1, -0.05) is 0 Å². The zero-order chi connectivity index (χ0) is 14.8. The molecule has 1 aromatic carbocycles. The van der Waals surface area contributed by atoms with E-state index in [-0.39, 0.29) is 5.75 Å². The van der Waals surface area contributed by atoms with E-state index in [1.807, 2.05) is 0 Å². The Morgan fingerprint density at radius 1 is 0.895 bits per heavy atom. The molecule has 1 aromatic rings. The minimum atomic E-state index is -5.18. The van der Waals surface area contributed by atoms with Crippen molar-refractivity contribution >= 4 is 15.9 Å². The van der Waals surface area contributed by atoms with E-state index < -0.39 is 28.7 Å². The summed E-state index contributed by atoms with van der Waals surface area (Å²) in [6, 6.07) is 1.65. The molecule has 0 radical (unpaired) electrons. The summed E-state index contributed by atoms with van der Waals surface area (Å²) in [6.45, 7) is 0. The summed E-state index contributed by atoms with van der Waals surface area (Å²) >= 11 is 2.66. The van der Waals surface area contributed by atoms with Crippen molar-refractivity contribution in [2.24, 2.45) is 0 Å². The lowest BCUT2D eigenvalue weighted by Gasteiger charge is -2.17. The lowest BCUT2D eigenvalue weighted by Crippen LogP contribution is -2.21. The molecule has 1 rings (SSSR count). The normalized spacial score (nSPS) is 12.2. The van der Waals surface area contributed by atoms with Gasteiger partial charge in [0.25, 0.3) is 0 Å². The van der Waals surface area contributed by atoms with Gasteiger partial charge in [0.2, 0.25) is 0 Å². The van der Waals surface area contributed by atoms with Gasteiger partial charge in [-0.15, -0.1) is 26.3 Å². The summed E-state index contributed by atoms with van der Waals surface area (Å²) in [5.41, 5.74) is 0. The van der Waals surface area contributed by atoms with Crippen LogP contribution in [0.25, 0.3) is 0 Å². The summed E-state index contributed by atoms with van der Waals surface area (Å²) in [5, 5.41) is 0. The fourth-order valence-electron chi connectivity index (χ4n) is 1.09. The number of halogens is 7. The highest BCUT2D eigenvalue weighted by atomic mass is 79.9. The van der Waals surface area contributed by atoms with Gasteiger partial charge in [0.05, 0.1) is 7.11 Å². The molecule has 0 N–H and O–H groups in total. The van der Waals surface area contributed by atoms with E-state index in [1.54, 1.807) is 0 Å². The molecule has 108 valence electrons. The summed E-state index contributed by atoms with van der Waals surface area (Å²) in [7, 11) is 1.13. The third kappa shape index (κ3) is 4.69. The topological polar surface area (TPSA) is 27.7 Å². The molecule has 0 fully saturated rings. The Bertz CT molecular complexity index is 456. The number of ether oxygens (including phenoxy) is 3. The van der Waals surface area contributed by atoms with Crippen molar-refractivity contribution in [3.63, 3.8) is 0 Å². The van der Waals surface area contributed by atoms with Crippen molar-refractivity contribution in [3.05, 3.63) is 16.6 Å². The van der Waals surface area contributed by atoms with Crippen molar-refractivity contribution in [3.8, 4) is 17.2 Å². The Morgan fingerprint density at radius 3 is 1.79 bits per heavy atom. The molecule has 3 nitrogen and oxygen atoms in total. The SMILES string of the molecule is COc1ccc(OC(F)(F)F)c(OC(F)(F)F)c1Br. The molecule has 0 aliphatic rings. The average Bonchev–Trinajstić information content (AvgIpc) is 2.20. The first-order valence-electron chi connectivity index (χ1n) is 4.41. The van der Waals surface area contributed by atoms with Crippen molar-refractivity contribution in [2.75, 3.05) is 7.11 Å². The molecular weight excluding hydrogens is 350 g/mol. The van der Waals surface area contributed by atoms with Gasteiger partial charge in [0, 0.05) is 0 Å². The zero-order valence-electron chi connectivity index (χ0n) is 9.03. The quantitative estimate of drug-likeness (QED) is 0.759. The van der Waals surface area contributed by atoms with Crippen molar-refractivity contribution in [2.45, 2.75) is 12.7 Å². The standard InChI is InChI=1S/C9H5BrF6O3/c1-17-4-2-3-5(18-8(11,12)13)7(6(4)10)19-9(14,15)16/h2-3H,1H3. The van der Waals surface area contributed by atoms with E-state index in [4.69, 9.17) is 0 Å². The lowest BCUT2D eigenvalue weighted by atomic mass is 10.3. The summed E-state index contributed by atoms with van der Waals surface area (Å²) in [5.74, 6) is -2.46. The van der Waals surface area contributed by atoms with Gasteiger partial charge in [-0.2, -0.15) is 0 Å². The van der Waals surface area contributed by atoms with Crippen molar-refractivity contribution < 1.29 is 40.6 Å². The number of hydrogen-bond acceptors (Lipinski definition) is 3. The molecule has 19 heavy (non-hydrogen) atoms. The van der Waals surface area contributed by atoms with E-state index in [1.165, 1.54) is 0 Å². The third-order valence-corrected chi connectivity index (χ3v) is 2.44. The first-order chi connectivity index (χ1) is 8.53. The van der Waals surface area contributed by atoms with E-state index in [2.05, 4.69) is 30.1 Å². The van der Waals surface area contributed by atoms with Crippen LogP contribution >= 0.6 is 15.9 Å². The van der Waals surface area contributed by atoms with Gasteiger partial charge >= 0.3 is 12.7 Å². The van der Waals surface area contributed by atoms with Crippen LogP contribution in [0.1, 0.15) is 0 Å². The van der Waals surface area contributed by atoms with Crippen LogP contribution < -0.4 is 14.2 Å². The van der Waals surface area contributed by atoms with Gasteiger partial charge in [0.15, 0.2) is 11.5 Å². The maximum Gasteiger partial charge on any atom is 0.573 e. The van der Waals surface area contributed by atoms with Crippen LogP contribution in [0.5, 0.6) is 17.2 Å². The molecule has 0 amide bonds. The fourth-order valence-corrected chi connectivity index (χ4v) is 1.66. The molecule has 0 atom stereocenters. The predicted molar refractivity (Wildman–Crippen MR) is 54.1 cm³/mol. The van der Waals surface area contributed by atoms with Gasteiger partial charge < -0.3 is 14.2 Å². The predicted octanol–water partition coefficient (Wildman–Crippen LogP) is 4.25. The molecule has 0 aliphatic carbocycles. The highest BCUT2D eigenvalue weighted by molar-refractivity contribution is 9.10. The smallest absolute Gasteiger partial charge is 0.495 e. The second-order valence-electron chi connectivity index (χ2n) is 3.00. The van der Waals surface area contributed by atoms with Crippen molar-refractivity contribution in [1.82, 2.24) is 0 Å². The molecule has 0 aromatic heterocycles. The molecular formula is C9H5BrF6O3. The third-order valence-electron chi connectivity index (χ3n) is 1.69. The van der Waals surface area contributed by atoms with Crippen molar-refractivity contribution in [1.29, 1.82) is 0 Å². The largest absolute Gasteiger partial charge is 0.573 e. The van der Waals surface area contributed by atoms with Crippen LogP contribution in [0.2, 0.25) is 0 Å². The highest BCUT2D eigenvalue weighted by Crippen LogP contribution is 2.45. The fraction of sp³-hybridized carbons (Fsp3) is 0.333. The highest BCUT2D eigenvalue weighted by Gasteiger charge is 2.38. The Hall–Kier alpha value is -1.32. The van der Waals surface area contributed by atoms with Crippen LogP contribution in [-0.4, -0.2) is 19.8 Å². The summed E-state index contributed by atoms with van der Waals surface area (Å²) in [4.78, 5) is 0. The molecule has 10 heteroatoms. The molecule has 0 bridgehead atoms. The Morgan fingerprint density at radius 2 is 1.37 bits per heavy atom. The van der Waals surface area contributed by atoms with E-state index in [9.17, 15) is 26.3 Å². The average molecular weight is 355 g/mol. The van der Waals surface area contributed by atoms with Gasteiger partial charge in [-0.25, -0.2) is 0 Å². The Kier molecular flexibility index (Phi) is 4.43. The minimum absolute atomic E-state index is 0.145. The van der Waals surface area contributed by atoms with Crippen LogP contribution in [0.3, 0.4) is 0 Å². The van der Waals surface area contributed by atoms with E-state index >= 15 is 0 Å². The molecule has 0 spiro atoms. The van der Waals surface area contributed by atoms with Crippen LogP contribution in [-0.2, 0) is 0 Å². The molecule has 0 aliphatic heterocycles. The molecule has 0 saturated heterocycles. The first kappa shape index (κ1) is 15.7. The van der Waals surface area contributed by atoms with Crippen LogP contribution in [0.15, 0.2) is 16.6 Å². The number of rotatable bonds is 3. The second kappa shape index (κ2) is 5.35. The maximum absolute atomic E-state index is 12.1. The molecule has 0 heterocycles. The van der Waals surface area contributed by atoms with Gasteiger partial charge in [-0.05, 0) is 28.1 Å². The number of hydrogen-bond donors (Lipinski definition) is 0. The van der Waals surface area contributed by atoms with Gasteiger partial charge in [-0.3, -0.25) is 0 Å². The molecule has 0 unspecified atom stereocenters. The number of benzene rings is 1. The van der Waals surface area contributed by atoms with Crippen LogP contribution in [0.4, 0.5) is 26.3 Å². The second-order valence-corrected chi connectivity index (χ2v) is 3.80. The number of alkyl halides is 6. The van der Waals surface area contributed by atoms with Crippen LogP contribution in [0, 0.1) is 0 Å². The Balaban J connectivity index is 3.26. The van der Waals surface area contributed by atoms with Gasteiger partial charge in [0.1, 0.15) is 10.2 Å². The zero-order valence-corrected chi connectivity index (χ0v) is 10.6. The van der Waals surface area contributed by atoms with E-state index in [0.717, 1.165) is 13.2 Å². The summed E-state index contributed by atoms with van der Waals surface area (Å²) in [6.07, 6.45) is -10.3.